The van der Waals surface area contributed by atoms with E-state index in [1.807, 2.05) is 65.5 Å². The largest absolute Gasteiger partial charge is 0.358 e. The van der Waals surface area contributed by atoms with Crippen LogP contribution in [-0.4, -0.2) is 26.5 Å². The molecule has 1 atom stereocenters. The van der Waals surface area contributed by atoms with Gasteiger partial charge in [-0.1, -0.05) is 68.5 Å². The summed E-state index contributed by atoms with van der Waals surface area (Å²) in [6.07, 6.45) is 10.4. The zero-order valence-electron chi connectivity index (χ0n) is 23.5. The van der Waals surface area contributed by atoms with Crippen molar-refractivity contribution in [2.24, 2.45) is 5.92 Å². The van der Waals surface area contributed by atoms with Crippen LogP contribution in [0.4, 0.5) is 17.5 Å². The Balaban J connectivity index is 1.36. The normalized spacial score (nSPS) is 13.9. The van der Waals surface area contributed by atoms with E-state index in [1.165, 1.54) is 19.3 Å². The van der Waals surface area contributed by atoms with Gasteiger partial charge in [0, 0.05) is 31.5 Å². The number of rotatable bonds is 11. The van der Waals surface area contributed by atoms with Crippen LogP contribution in [0, 0.1) is 23.8 Å². The molecule has 0 aliphatic heterocycles. The first kappa shape index (κ1) is 28.4. The lowest BCUT2D eigenvalue weighted by Crippen LogP contribution is -2.41. The molecule has 1 saturated carbocycles. The lowest BCUT2D eigenvalue weighted by molar-refractivity contribution is -0.122. The molecule has 1 aliphatic rings. The maximum Gasteiger partial charge on any atom is 0.242 e. The fraction of sp³-hybridized carbons (Fsp3) is 0.303. The first-order valence-electron chi connectivity index (χ1n) is 14.4. The van der Waals surface area contributed by atoms with Gasteiger partial charge in [-0.15, -0.1) is 0 Å². The summed E-state index contributed by atoms with van der Waals surface area (Å²) in [6.45, 7) is 7.98. The molecule has 2 aromatic heterocycles. The van der Waals surface area contributed by atoms with Gasteiger partial charge >= 0.3 is 0 Å². The van der Waals surface area contributed by atoms with E-state index in [1.54, 1.807) is 18.2 Å². The number of benzene rings is 2. The van der Waals surface area contributed by atoms with Gasteiger partial charge in [0.05, 0.1) is 18.2 Å². The molecule has 9 heteroatoms. The second-order valence-corrected chi connectivity index (χ2v) is 10.6. The van der Waals surface area contributed by atoms with Crippen molar-refractivity contribution < 1.29 is 4.79 Å². The number of aromatic nitrogens is 3. The Labute approximate surface area is 246 Å². The lowest BCUT2D eigenvalue weighted by Gasteiger charge is -2.27. The van der Waals surface area contributed by atoms with E-state index < -0.39 is 6.04 Å². The third-order valence-corrected chi connectivity index (χ3v) is 7.55. The van der Waals surface area contributed by atoms with Crippen molar-refractivity contribution in [1.82, 2.24) is 19.9 Å². The van der Waals surface area contributed by atoms with Crippen molar-refractivity contribution in [3.8, 4) is 11.9 Å². The van der Waals surface area contributed by atoms with Crippen molar-refractivity contribution in [3.05, 3.63) is 107 Å². The Morgan fingerprint density at radius 3 is 2.52 bits per heavy atom. The van der Waals surface area contributed by atoms with Crippen molar-refractivity contribution in [3.63, 3.8) is 0 Å². The topological polar surface area (TPSA) is 112 Å². The van der Waals surface area contributed by atoms with Gasteiger partial charge in [0.1, 0.15) is 17.7 Å². The van der Waals surface area contributed by atoms with Gasteiger partial charge in [0.15, 0.2) is 5.69 Å². The minimum atomic E-state index is -0.469. The van der Waals surface area contributed by atoms with E-state index in [0.717, 1.165) is 30.4 Å². The fourth-order valence-electron chi connectivity index (χ4n) is 5.31. The zero-order valence-corrected chi connectivity index (χ0v) is 23.5. The van der Waals surface area contributed by atoms with E-state index in [9.17, 15) is 10.1 Å². The van der Waals surface area contributed by atoms with E-state index in [0.29, 0.717) is 47.8 Å². The summed E-state index contributed by atoms with van der Waals surface area (Å²) in [5, 5.41) is 19.1. The molecule has 4 aromatic rings. The lowest BCUT2D eigenvalue weighted by atomic mass is 9.84. The summed E-state index contributed by atoms with van der Waals surface area (Å²) in [5.41, 5.74) is 3.05. The molecule has 9 nitrogen and oxygen atoms in total. The molecule has 0 unspecified atom stereocenters. The second-order valence-electron chi connectivity index (χ2n) is 10.6. The fourth-order valence-corrected chi connectivity index (χ4v) is 5.31. The molecule has 1 aliphatic carbocycles. The van der Waals surface area contributed by atoms with Crippen LogP contribution < -0.4 is 16.0 Å². The van der Waals surface area contributed by atoms with Crippen molar-refractivity contribution in [2.45, 2.75) is 57.7 Å². The van der Waals surface area contributed by atoms with Crippen LogP contribution in [0.15, 0.2) is 79.1 Å². The highest BCUT2D eigenvalue weighted by molar-refractivity contribution is 5.84. The van der Waals surface area contributed by atoms with Crippen LogP contribution >= 0.6 is 0 Å². The molecular weight excluding hydrogens is 524 g/mol. The average molecular weight is 559 g/mol. The number of amides is 1. The maximum atomic E-state index is 13.6. The SMILES string of the molecule is [C-]#[N+]c1ccc(CNC(=O)[C@@H](CC2CCCCC2)Nc2cc(-n3cccc3)nc(NCc3cccc(C#N)c3)n2)cc1. The van der Waals surface area contributed by atoms with Gasteiger partial charge in [-0.3, -0.25) is 4.79 Å². The molecular formula is C33H34N8O. The summed E-state index contributed by atoms with van der Waals surface area (Å²) < 4.78 is 1.90. The minimum absolute atomic E-state index is 0.0845. The van der Waals surface area contributed by atoms with Crippen LogP contribution in [0.5, 0.6) is 0 Å². The van der Waals surface area contributed by atoms with Crippen molar-refractivity contribution >= 4 is 23.4 Å². The molecule has 3 N–H and O–H groups in total. The summed E-state index contributed by atoms with van der Waals surface area (Å²) in [7, 11) is 0. The van der Waals surface area contributed by atoms with E-state index in [4.69, 9.17) is 16.5 Å². The molecule has 2 heterocycles. The molecule has 0 spiro atoms. The number of nitrogens with zero attached hydrogens (tertiary/aromatic N) is 5. The second kappa shape index (κ2) is 14.0. The first-order valence-corrected chi connectivity index (χ1v) is 14.4. The summed E-state index contributed by atoms with van der Waals surface area (Å²) in [4.78, 5) is 26.5. The van der Waals surface area contributed by atoms with Crippen molar-refractivity contribution in [2.75, 3.05) is 10.6 Å². The van der Waals surface area contributed by atoms with Crippen LogP contribution in [0.1, 0.15) is 55.2 Å². The summed E-state index contributed by atoms with van der Waals surface area (Å²) in [6, 6.07) is 22.1. The van der Waals surface area contributed by atoms with Gasteiger partial charge in [0.25, 0.3) is 0 Å². The highest BCUT2D eigenvalue weighted by Crippen LogP contribution is 2.28. The van der Waals surface area contributed by atoms with Gasteiger partial charge in [-0.25, -0.2) is 4.85 Å². The van der Waals surface area contributed by atoms with Crippen LogP contribution in [-0.2, 0) is 17.9 Å². The Kier molecular flexibility index (Phi) is 9.43. The molecule has 5 rings (SSSR count). The van der Waals surface area contributed by atoms with Gasteiger partial charge in [-0.2, -0.15) is 15.2 Å². The molecule has 2 aromatic carbocycles. The molecule has 212 valence electrons. The van der Waals surface area contributed by atoms with E-state index >= 15 is 0 Å². The van der Waals surface area contributed by atoms with Gasteiger partial charge in [0.2, 0.25) is 11.9 Å². The monoisotopic (exact) mass is 558 g/mol. The molecule has 1 fully saturated rings. The number of carbonyl (C=O) groups excluding carboxylic acids is 1. The first-order chi connectivity index (χ1) is 20.6. The van der Waals surface area contributed by atoms with E-state index in [2.05, 4.69) is 26.9 Å². The summed E-state index contributed by atoms with van der Waals surface area (Å²) >= 11 is 0. The van der Waals surface area contributed by atoms with Gasteiger partial charge < -0.3 is 20.5 Å². The van der Waals surface area contributed by atoms with Crippen LogP contribution in [0.3, 0.4) is 0 Å². The number of hydrogen-bond donors (Lipinski definition) is 3. The highest BCUT2D eigenvalue weighted by Gasteiger charge is 2.25. The Hall–Kier alpha value is -5.15. The molecule has 0 bridgehead atoms. The number of carbonyl (C=O) groups is 1. The minimum Gasteiger partial charge on any atom is -0.358 e. The number of anilines is 2. The summed E-state index contributed by atoms with van der Waals surface area (Å²) in [5.74, 6) is 2.03. The molecule has 0 radical (unpaired) electrons. The predicted molar refractivity (Wildman–Crippen MR) is 163 cm³/mol. The molecule has 1 amide bonds. The van der Waals surface area contributed by atoms with Crippen LogP contribution in [0.2, 0.25) is 0 Å². The van der Waals surface area contributed by atoms with Gasteiger partial charge in [-0.05, 0) is 47.7 Å². The standard InChI is InChI=1S/C33H34N8O/c1-35-28-14-12-25(13-15-28)22-36-32(42)29(19-24-8-3-2-4-9-24)38-30-20-31(41-16-5-6-17-41)40-33(39-30)37-23-27-11-7-10-26(18-27)21-34/h5-7,10-18,20,24,29H,2-4,8-9,19,22-23H2,(H,36,42)(H2,37,38,39,40)/t29-/m1/s1. The number of nitrogens with one attached hydrogen (secondary N) is 3. The number of nitriles is 1. The zero-order chi connectivity index (χ0) is 29.1. The molecule has 42 heavy (non-hydrogen) atoms. The maximum absolute atomic E-state index is 13.6. The van der Waals surface area contributed by atoms with E-state index in [-0.39, 0.29) is 5.91 Å². The number of hydrogen-bond acceptors (Lipinski definition) is 6. The Morgan fingerprint density at radius 2 is 1.79 bits per heavy atom. The van der Waals surface area contributed by atoms with Crippen LogP contribution in [0.25, 0.3) is 10.7 Å². The quantitative estimate of drug-likeness (QED) is 0.185. The third-order valence-electron chi connectivity index (χ3n) is 7.55. The third kappa shape index (κ3) is 7.74. The predicted octanol–water partition coefficient (Wildman–Crippen LogP) is 6.37. The Morgan fingerprint density at radius 1 is 1.00 bits per heavy atom. The average Bonchev–Trinajstić information content (AvgIpc) is 3.59. The highest BCUT2D eigenvalue weighted by atomic mass is 16.2. The Bertz CT molecular complexity index is 1560. The molecule has 0 saturated heterocycles. The van der Waals surface area contributed by atoms with Crippen molar-refractivity contribution in [1.29, 1.82) is 5.26 Å². The smallest absolute Gasteiger partial charge is 0.242 e.